The fourth-order valence-corrected chi connectivity index (χ4v) is 3.28. The Hall–Kier alpha value is -1.81. The van der Waals surface area contributed by atoms with E-state index in [1.165, 1.54) is 12.1 Å². The molecular formula is C14H17F3N2O4S. The van der Waals surface area contributed by atoms with Gasteiger partial charge in [-0.3, -0.25) is 0 Å². The van der Waals surface area contributed by atoms with Gasteiger partial charge in [-0.15, -0.1) is 0 Å². The van der Waals surface area contributed by atoms with Crippen LogP contribution in [0.4, 0.5) is 18.9 Å². The van der Waals surface area contributed by atoms with Crippen molar-refractivity contribution in [3.05, 3.63) is 29.8 Å². The van der Waals surface area contributed by atoms with Gasteiger partial charge in [0, 0.05) is 0 Å². The predicted octanol–water partition coefficient (Wildman–Crippen LogP) is 1.94. The molecule has 2 rings (SSSR count). The Morgan fingerprint density at radius 3 is 2.38 bits per heavy atom. The second-order valence-corrected chi connectivity index (χ2v) is 7.25. The molecule has 1 fully saturated rings. The van der Waals surface area contributed by atoms with Crippen LogP contribution in [-0.2, 0) is 19.7 Å². The number of alkyl halides is 3. The van der Waals surface area contributed by atoms with Crippen molar-refractivity contribution in [2.45, 2.75) is 24.9 Å². The summed E-state index contributed by atoms with van der Waals surface area (Å²) in [7, 11) is -4.26. The number of carbonyl (C=O) groups excluding carboxylic acids is 1. The van der Waals surface area contributed by atoms with Crippen molar-refractivity contribution in [2.24, 2.45) is 0 Å². The van der Waals surface area contributed by atoms with Gasteiger partial charge in [0.1, 0.15) is 0 Å². The Morgan fingerprint density at radius 1 is 1.25 bits per heavy atom. The lowest BCUT2D eigenvalue weighted by Crippen LogP contribution is -2.39. The molecule has 0 bridgehead atoms. The van der Waals surface area contributed by atoms with E-state index in [0.29, 0.717) is 37.8 Å². The van der Waals surface area contributed by atoms with Gasteiger partial charge in [-0.25, -0.2) is 13.2 Å². The Balaban J connectivity index is 2.42. The molecule has 0 radical (unpaired) electrons. The maximum Gasteiger partial charge on any atom is 0.493 e. The van der Waals surface area contributed by atoms with Crippen molar-refractivity contribution in [2.75, 3.05) is 23.8 Å². The molecule has 134 valence electrons. The zero-order chi connectivity index (χ0) is 18.0. The Bertz CT molecular complexity index is 700. The molecule has 10 heteroatoms. The van der Waals surface area contributed by atoms with Gasteiger partial charge in [0.15, 0.2) is 0 Å². The summed E-state index contributed by atoms with van der Waals surface area (Å²) < 4.78 is 61.2. The van der Waals surface area contributed by atoms with Crippen LogP contribution in [0.1, 0.15) is 24.3 Å². The molecule has 0 atom stereocenters. The molecule has 0 saturated carbocycles. The Kier molecular flexibility index (Phi) is 5.38. The van der Waals surface area contributed by atoms with Crippen molar-refractivity contribution in [1.29, 1.82) is 0 Å². The van der Waals surface area contributed by atoms with Crippen LogP contribution in [0.15, 0.2) is 24.3 Å². The molecule has 1 N–H and O–H groups in total. The van der Waals surface area contributed by atoms with Gasteiger partial charge in [-0.1, -0.05) is 22.7 Å². The lowest BCUT2D eigenvalue weighted by molar-refractivity contribution is -0.199. The molecule has 6 nitrogen and oxygen atoms in total. The average molecular weight is 366 g/mol. The SMILES string of the molecule is CS(=O)(=O)N(OC(=O)C(F)(F)F)c1ccccc1C1CCNCC1. The highest BCUT2D eigenvalue weighted by atomic mass is 32.2. The summed E-state index contributed by atoms with van der Waals surface area (Å²) in [6.45, 7) is 1.42. The second-order valence-electron chi connectivity index (χ2n) is 5.45. The molecule has 1 aromatic rings. The predicted molar refractivity (Wildman–Crippen MR) is 80.8 cm³/mol. The van der Waals surface area contributed by atoms with Gasteiger partial charge in [-0.05, 0) is 43.5 Å². The number of anilines is 1. The first kappa shape index (κ1) is 18.5. The molecule has 0 aromatic heterocycles. The summed E-state index contributed by atoms with van der Waals surface area (Å²) in [5.74, 6) is -2.63. The highest BCUT2D eigenvalue weighted by Crippen LogP contribution is 2.35. The number of piperidine rings is 1. The Labute approximate surface area is 137 Å². The normalized spacial score (nSPS) is 16.7. The van der Waals surface area contributed by atoms with Crippen LogP contribution < -0.4 is 9.79 Å². The van der Waals surface area contributed by atoms with Crippen molar-refractivity contribution in [3.8, 4) is 0 Å². The molecule has 0 spiro atoms. The van der Waals surface area contributed by atoms with Gasteiger partial charge in [0.05, 0.1) is 11.9 Å². The molecule has 24 heavy (non-hydrogen) atoms. The molecule has 1 aliphatic heterocycles. The number of sulfonamides is 1. The monoisotopic (exact) mass is 366 g/mol. The first-order valence-corrected chi connectivity index (χ1v) is 9.04. The van der Waals surface area contributed by atoms with Crippen LogP contribution >= 0.6 is 0 Å². The smallest absolute Gasteiger partial charge is 0.317 e. The number of nitrogens with one attached hydrogen (secondary N) is 1. The van der Waals surface area contributed by atoms with Crippen LogP contribution in [0.3, 0.4) is 0 Å². The number of rotatable bonds is 4. The largest absolute Gasteiger partial charge is 0.493 e. The van der Waals surface area contributed by atoms with E-state index < -0.39 is 22.2 Å². The fraction of sp³-hybridized carbons (Fsp3) is 0.500. The van der Waals surface area contributed by atoms with E-state index in [2.05, 4.69) is 10.2 Å². The molecule has 1 saturated heterocycles. The fourth-order valence-electron chi connectivity index (χ4n) is 2.55. The minimum Gasteiger partial charge on any atom is -0.317 e. The van der Waals surface area contributed by atoms with Crippen LogP contribution in [0.2, 0.25) is 0 Å². The highest BCUT2D eigenvalue weighted by Gasteiger charge is 2.44. The molecule has 0 amide bonds. The number of hydrogen-bond acceptors (Lipinski definition) is 5. The van der Waals surface area contributed by atoms with Crippen LogP contribution in [0, 0.1) is 0 Å². The van der Waals surface area contributed by atoms with E-state index in [1.807, 2.05) is 0 Å². The van der Waals surface area contributed by atoms with E-state index in [1.54, 1.807) is 12.1 Å². The van der Waals surface area contributed by atoms with Gasteiger partial charge < -0.3 is 10.2 Å². The van der Waals surface area contributed by atoms with Gasteiger partial charge in [-0.2, -0.15) is 13.2 Å². The van der Waals surface area contributed by atoms with Crippen molar-refractivity contribution in [1.82, 2.24) is 5.32 Å². The number of para-hydroxylation sites is 1. The number of benzene rings is 1. The third-order valence-electron chi connectivity index (χ3n) is 3.61. The van der Waals surface area contributed by atoms with Gasteiger partial charge in [0.2, 0.25) is 0 Å². The molecule has 0 aliphatic carbocycles. The lowest BCUT2D eigenvalue weighted by Gasteiger charge is -2.28. The topological polar surface area (TPSA) is 75.7 Å². The summed E-state index contributed by atoms with van der Waals surface area (Å²) in [5.41, 5.74) is 0.448. The maximum absolute atomic E-state index is 12.5. The Morgan fingerprint density at radius 2 is 1.83 bits per heavy atom. The highest BCUT2D eigenvalue weighted by molar-refractivity contribution is 7.91. The molecule has 0 unspecified atom stereocenters. The van der Waals surface area contributed by atoms with E-state index >= 15 is 0 Å². The van der Waals surface area contributed by atoms with E-state index in [-0.39, 0.29) is 16.1 Å². The van der Waals surface area contributed by atoms with Crippen LogP contribution in [0.25, 0.3) is 0 Å². The average Bonchev–Trinajstić information content (AvgIpc) is 2.51. The minimum absolute atomic E-state index is 0.0451. The lowest BCUT2D eigenvalue weighted by atomic mass is 9.89. The van der Waals surface area contributed by atoms with Crippen LogP contribution in [0.5, 0.6) is 0 Å². The summed E-state index contributed by atoms with van der Waals surface area (Å²) in [6, 6.07) is 6.08. The summed E-state index contributed by atoms with van der Waals surface area (Å²) in [5, 5.41) is 3.15. The van der Waals surface area contributed by atoms with Crippen molar-refractivity contribution < 1.29 is 31.2 Å². The quantitative estimate of drug-likeness (QED) is 0.825. The summed E-state index contributed by atoms with van der Waals surface area (Å²) >= 11 is 0. The molecule has 1 aromatic carbocycles. The maximum atomic E-state index is 12.5. The standard InChI is InChI=1S/C14H17F3N2O4S/c1-24(21,22)19(23-13(20)14(15,16)17)12-5-3-2-4-11(12)10-6-8-18-9-7-10/h2-5,10,18H,6-9H2,1H3. The van der Waals surface area contributed by atoms with Gasteiger partial charge in [0.25, 0.3) is 10.0 Å². The number of hydrogen-bond donors (Lipinski definition) is 1. The third-order valence-corrected chi connectivity index (χ3v) is 4.48. The molecule has 1 heterocycles. The van der Waals surface area contributed by atoms with E-state index in [4.69, 9.17) is 0 Å². The van der Waals surface area contributed by atoms with E-state index in [9.17, 15) is 26.4 Å². The first-order valence-electron chi connectivity index (χ1n) is 7.20. The zero-order valence-electron chi connectivity index (χ0n) is 12.8. The van der Waals surface area contributed by atoms with E-state index in [0.717, 1.165) is 0 Å². The third kappa shape index (κ3) is 4.38. The minimum atomic E-state index is -5.30. The van der Waals surface area contributed by atoms with Crippen LogP contribution in [-0.4, -0.2) is 39.9 Å². The summed E-state index contributed by atoms with van der Waals surface area (Å²) in [6.07, 6.45) is -3.23. The van der Waals surface area contributed by atoms with Crippen molar-refractivity contribution in [3.63, 3.8) is 0 Å². The first-order chi connectivity index (χ1) is 11.1. The molecule has 1 aliphatic rings. The van der Waals surface area contributed by atoms with Gasteiger partial charge >= 0.3 is 12.1 Å². The number of nitrogens with zero attached hydrogens (tertiary/aromatic N) is 1. The number of carbonyl (C=O) groups is 1. The second kappa shape index (κ2) is 6.98. The van der Waals surface area contributed by atoms with Crippen molar-refractivity contribution >= 4 is 21.7 Å². The zero-order valence-corrected chi connectivity index (χ0v) is 13.7. The number of halogens is 3. The molecular weight excluding hydrogens is 349 g/mol. The summed E-state index contributed by atoms with van der Waals surface area (Å²) in [4.78, 5) is 15.3.